The van der Waals surface area contributed by atoms with E-state index in [0.29, 0.717) is 23.1 Å². The maximum Gasteiger partial charge on any atom is 0.314 e. The quantitative estimate of drug-likeness (QED) is 0.850. The number of carbonyl (C=O) groups is 2. The first kappa shape index (κ1) is 17.0. The summed E-state index contributed by atoms with van der Waals surface area (Å²) >= 11 is 0. The number of carboxylic acid groups (broad SMARTS) is 1. The Balaban J connectivity index is 2.30. The van der Waals surface area contributed by atoms with Crippen LogP contribution in [0.15, 0.2) is 12.1 Å². The number of aliphatic carboxylic acids is 1. The molecule has 0 amide bonds. The van der Waals surface area contributed by atoms with Crippen molar-refractivity contribution >= 4 is 11.8 Å². The number of fused-ring (bicyclic) bond motifs is 3. The maximum absolute atomic E-state index is 12.8. The Bertz CT molecular complexity index is 717. The zero-order valence-electron chi connectivity index (χ0n) is 14.8. The number of hydrogen-bond donors (Lipinski definition) is 2. The van der Waals surface area contributed by atoms with Crippen LogP contribution in [0, 0.1) is 11.3 Å². The molecule has 1 aromatic carbocycles. The normalized spacial score (nSPS) is 28.4. The lowest BCUT2D eigenvalue weighted by Crippen LogP contribution is -2.55. The maximum atomic E-state index is 12.8. The lowest BCUT2D eigenvalue weighted by molar-refractivity contribution is -0.152. The highest BCUT2D eigenvalue weighted by Crippen LogP contribution is 2.58. The van der Waals surface area contributed by atoms with Crippen molar-refractivity contribution in [2.75, 3.05) is 0 Å². The highest BCUT2D eigenvalue weighted by atomic mass is 16.4. The molecule has 3 rings (SSSR count). The lowest BCUT2D eigenvalue weighted by Gasteiger charge is -2.52. The average molecular weight is 330 g/mol. The van der Waals surface area contributed by atoms with Gasteiger partial charge >= 0.3 is 5.97 Å². The molecule has 0 spiro atoms. The van der Waals surface area contributed by atoms with Crippen molar-refractivity contribution < 1.29 is 19.8 Å². The lowest BCUT2D eigenvalue weighted by atomic mass is 9.49. The molecule has 0 heterocycles. The summed E-state index contributed by atoms with van der Waals surface area (Å²) in [6.45, 7) is 8.03. The third kappa shape index (κ3) is 2.19. The number of benzene rings is 1. The van der Waals surface area contributed by atoms with Crippen LogP contribution >= 0.6 is 0 Å². The summed E-state index contributed by atoms with van der Waals surface area (Å²) in [6.07, 6.45) is 2.53. The zero-order chi connectivity index (χ0) is 17.9. The standard InChI is InChI=1S/C20H26O4/c1-11(2)12-8-13-14(9-15(12)21)20(18(23)24)7-5-6-19(3,4)17(20)10-16(13)22/h8-9,11,17,21H,5-7,10H2,1-4H3,(H,23,24)/t17-,20-/m0/s1. The molecular weight excluding hydrogens is 304 g/mol. The summed E-state index contributed by atoms with van der Waals surface area (Å²) in [5.41, 5.74) is 0.434. The van der Waals surface area contributed by atoms with Gasteiger partial charge in [0.2, 0.25) is 0 Å². The van der Waals surface area contributed by atoms with E-state index in [0.717, 1.165) is 12.8 Å². The van der Waals surface area contributed by atoms with Crippen LogP contribution in [0.5, 0.6) is 5.75 Å². The van der Waals surface area contributed by atoms with Crippen LogP contribution in [0.4, 0.5) is 0 Å². The number of phenols is 1. The van der Waals surface area contributed by atoms with E-state index in [4.69, 9.17) is 0 Å². The Morgan fingerprint density at radius 1 is 1.25 bits per heavy atom. The highest BCUT2D eigenvalue weighted by molar-refractivity contribution is 6.03. The Morgan fingerprint density at radius 2 is 1.92 bits per heavy atom. The fourth-order valence-electron chi connectivity index (χ4n) is 4.94. The molecule has 2 aliphatic rings. The predicted molar refractivity (Wildman–Crippen MR) is 91.6 cm³/mol. The molecule has 1 aromatic rings. The number of carbonyl (C=O) groups excluding carboxylic acids is 1. The van der Waals surface area contributed by atoms with Gasteiger partial charge in [-0.3, -0.25) is 9.59 Å². The minimum atomic E-state index is -1.07. The Labute approximate surface area is 142 Å². The third-order valence-corrected chi connectivity index (χ3v) is 6.27. The molecule has 1 saturated carbocycles. The number of hydrogen-bond acceptors (Lipinski definition) is 3. The third-order valence-electron chi connectivity index (χ3n) is 6.27. The van der Waals surface area contributed by atoms with E-state index in [1.807, 2.05) is 13.8 Å². The van der Waals surface area contributed by atoms with Crippen LogP contribution in [0.25, 0.3) is 0 Å². The van der Waals surface area contributed by atoms with Gasteiger partial charge in [0.25, 0.3) is 0 Å². The molecule has 4 heteroatoms. The van der Waals surface area contributed by atoms with Crippen molar-refractivity contribution in [2.45, 2.75) is 64.7 Å². The van der Waals surface area contributed by atoms with Crippen LogP contribution in [0.1, 0.15) is 80.8 Å². The first-order valence-electron chi connectivity index (χ1n) is 8.75. The first-order valence-corrected chi connectivity index (χ1v) is 8.75. The van der Waals surface area contributed by atoms with Gasteiger partial charge in [0.15, 0.2) is 5.78 Å². The Hall–Kier alpha value is -1.84. The number of rotatable bonds is 2. The van der Waals surface area contributed by atoms with Gasteiger partial charge in [0.1, 0.15) is 5.75 Å². The first-order chi connectivity index (χ1) is 11.1. The number of phenolic OH excluding ortho intramolecular Hbond substituents is 1. The van der Waals surface area contributed by atoms with Gasteiger partial charge in [0.05, 0.1) is 5.41 Å². The average Bonchev–Trinajstić information content (AvgIpc) is 2.47. The minimum Gasteiger partial charge on any atom is -0.508 e. The number of aromatic hydroxyl groups is 1. The van der Waals surface area contributed by atoms with Gasteiger partial charge < -0.3 is 10.2 Å². The molecule has 0 unspecified atom stereocenters. The summed E-state index contributed by atoms with van der Waals surface area (Å²) in [6, 6.07) is 3.28. The van der Waals surface area contributed by atoms with Gasteiger partial charge in [-0.15, -0.1) is 0 Å². The van der Waals surface area contributed by atoms with Crippen molar-refractivity contribution in [3.05, 3.63) is 28.8 Å². The number of carboxylic acids is 1. The summed E-state index contributed by atoms with van der Waals surface area (Å²) in [7, 11) is 0. The van der Waals surface area contributed by atoms with Gasteiger partial charge in [-0.1, -0.05) is 34.1 Å². The van der Waals surface area contributed by atoms with Crippen LogP contribution in [0.3, 0.4) is 0 Å². The van der Waals surface area contributed by atoms with Crippen LogP contribution in [-0.2, 0) is 10.2 Å². The topological polar surface area (TPSA) is 74.6 Å². The van der Waals surface area contributed by atoms with Gasteiger partial charge in [-0.25, -0.2) is 0 Å². The smallest absolute Gasteiger partial charge is 0.314 e. The van der Waals surface area contributed by atoms with Crippen molar-refractivity contribution in [3.63, 3.8) is 0 Å². The highest BCUT2D eigenvalue weighted by Gasteiger charge is 2.59. The molecule has 1 fully saturated rings. The zero-order valence-corrected chi connectivity index (χ0v) is 14.8. The molecule has 2 N–H and O–H groups in total. The van der Waals surface area contributed by atoms with Gasteiger partial charge in [0, 0.05) is 12.0 Å². The largest absolute Gasteiger partial charge is 0.508 e. The molecule has 0 radical (unpaired) electrons. The molecule has 0 aliphatic heterocycles. The summed E-state index contributed by atoms with van der Waals surface area (Å²) < 4.78 is 0. The monoisotopic (exact) mass is 330 g/mol. The Morgan fingerprint density at radius 3 is 2.50 bits per heavy atom. The summed E-state index contributed by atoms with van der Waals surface area (Å²) in [5, 5.41) is 20.6. The van der Waals surface area contributed by atoms with E-state index in [2.05, 4.69) is 13.8 Å². The van der Waals surface area contributed by atoms with Crippen LogP contribution in [-0.4, -0.2) is 22.0 Å². The molecule has 130 valence electrons. The summed E-state index contributed by atoms with van der Waals surface area (Å²) in [4.78, 5) is 25.2. The van der Waals surface area contributed by atoms with E-state index in [1.165, 1.54) is 0 Å². The molecule has 2 aliphatic carbocycles. The molecule has 0 aromatic heterocycles. The van der Waals surface area contributed by atoms with Crippen molar-refractivity contribution in [3.8, 4) is 5.75 Å². The van der Waals surface area contributed by atoms with E-state index < -0.39 is 11.4 Å². The van der Waals surface area contributed by atoms with E-state index in [-0.39, 0.29) is 35.2 Å². The SMILES string of the molecule is CC(C)c1cc2c(cc1O)[C@@]1(C(=O)O)CCCC(C)(C)[C@@H]1CC2=O. The van der Waals surface area contributed by atoms with Crippen molar-refractivity contribution in [1.82, 2.24) is 0 Å². The van der Waals surface area contributed by atoms with Crippen molar-refractivity contribution in [1.29, 1.82) is 0 Å². The van der Waals surface area contributed by atoms with Gasteiger partial charge in [-0.05, 0) is 53.4 Å². The van der Waals surface area contributed by atoms with Crippen LogP contribution < -0.4 is 0 Å². The van der Waals surface area contributed by atoms with Gasteiger partial charge in [-0.2, -0.15) is 0 Å². The second-order valence-corrected chi connectivity index (χ2v) is 8.41. The van der Waals surface area contributed by atoms with Crippen molar-refractivity contribution in [2.24, 2.45) is 11.3 Å². The molecule has 4 nitrogen and oxygen atoms in total. The molecule has 2 atom stereocenters. The predicted octanol–water partition coefficient (Wildman–Crippen LogP) is 4.25. The van der Waals surface area contributed by atoms with Crippen LogP contribution in [0.2, 0.25) is 0 Å². The molecule has 0 saturated heterocycles. The molecule has 24 heavy (non-hydrogen) atoms. The molecular formula is C20H26O4. The number of ketones is 1. The van der Waals surface area contributed by atoms with E-state index in [1.54, 1.807) is 12.1 Å². The minimum absolute atomic E-state index is 0.00347. The number of Topliss-reactive ketones (excluding diaryl/α,β-unsaturated/α-hetero) is 1. The van der Waals surface area contributed by atoms with E-state index in [9.17, 15) is 19.8 Å². The van der Waals surface area contributed by atoms with E-state index >= 15 is 0 Å². The molecule has 0 bridgehead atoms. The second kappa shape index (κ2) is 5.33. The Kier molecular flexibility index (Phi) is 3.78. The fourth-order valence-corrected chi connectivity index (χ4v) is 4.94. The fraction of sp³-hybridized carbons (Fsp3) is 0.600. The second-order valence-electron chi connectivity index (χ2n) is 8.41. The summed E-state index contributed by atoms with van der Waals surface area (Å²) in [5.74, 6) is -0.930.